The zero-order valence-corrected chi connectivity index (χ0v) is 11.6. The second-order valence-corrected chi connectivity index (χ2v) is 5.07. The molecular weight excluding hydrogens is 268 g/mol. The van der Waals surface area contributed by atoms with E-state index in [4.69, 9.17) is 0 Å². The van der Waals surface area contributed by atoms with Crippen LogP contribution in [0.3, 0.4) is 0 Å². The Hall–Kier alpha value is -1.40. The number of nitrogens with zero attached hydrogens (tertiary/aromatic N) is 2. The lowest BCUT2D eigenvalue weighted by molar-refractivity contribution is 0.511. The molecule has 1 aromatic heterocycles. The first kappa shape index (κ1) is 14.0. The SMILES string of the molecule is CCNC(CC)c1nnc(-c2cccc(F)c2F)s1. The molecule has 1 heterocycles. The van der Waals surface area contributed by atoms with Crippen molar-refractivity contribution in [1.82, 2.24) is 15.5 Å². The predicted molar refractivity (Wildman–Crippen MR) is 72.0 cm³/mol. The van der Waals surface area contributed by atoms with Gasteiger partial charge in [0.15, 0.2) is 16.6 Å². The molecule has 0 radical (unpaired) electrons. The van der Waals surface area contributed by atoms with Gasteiger partial charge in [-0.25, -0.2) is 8.78 Å². The van der Waals surface area contributed by atoms with Crippen LogP contribution < -0.4 is 5.32 Å². The van der Waals surface area contributed by atoms with Crippen LogP contribution in [0.4, 0.5) is 8.78 Å². The summed E-state index contributed by atoms with van der Waals surface area (Å²) < 4.78 is 26.9. The van der Waals surface area contributed by atoms with Crippen molar-refractivity contribution >= 4 is 11.3 Å². The van der Waals surface area contributed by atoms with Crippen LogP contribution in [0.2, 0.25) is 0 Å². The van der Waals surface area contributed by atoms with Crippen LogP contribution in [0.5, 0.6) is 0 Å². The minimum Gasteiger partial charge on any atom is -0.308 e. The molecule has 0 fully saturated rings. The van der Waals surface area contributed by atoms with E-state index in [1.165, 1.54) is 23.5 Å². The molecule has 0 aliphatic rings. The van der Waals surface area contributed by atoms with Crippen molar-refractivity contribution in [2.24, 2.45) is 0 Å². The number of hydrogen-bond donors (Lipinski definition) is 1. The molecule has 0 spiro atoms. The van der Waals surface area contributed by atoms with Crippen LogP contribution in [0.1, 0.15) is 31.3 Å². The van der Waals surface area contributed by atoms with E-state index in [1.807, 2.05) is 13.8 Å². The van der Waals surface area contributed by atoms with Gasteiger partial charge in [0.25, 0.3) is 0 Å². The maximum absolute atomic E-state index is 13.7. The minimum atomic E-state index is -0.873. The third kappa shape index (κ3) is 2.96. The zero-order chi connectivity index (χ0) is 13.8. The van der Waals surface area contributed by atoms with Gasteiger partial charge in [0, 0.05) is 0 Å². The van der Waals surface area contributed by atoms with E-state index < -0.39 is 11.6 Å². The summed E-state index contributed by atoms with van der Waals surface area (Å²) in [7, 11) is 0. The van der Waals surface area contributed by atoms with Crippen molar-refractivity contribution in [3.8, 4) is 10.6 Å². The number of rotatable bonds is 5. The lowest BCUT2D eigenvalue weighted by Gasteiger charge is -2.10. The molecule has 0 saturated carbocycles. The predicted octanol–water partition coefficient (Wildman–Crippen LogP) is 3.54. The summed E-state index contributed by atoms with van der Waals surface area (Å²) in [5.74, 6) is -1.74. The Bertz CT molecular complexity index is 557. The summed E-state index contributed by atoms with van der Waals surface area (Å²) in [5, 5.41) is 12.5. The standard InChI is InChI=1S/C13H15F2N3S/c1-3-10(16-4-2)13-18-17-12(19-13)8-6-5-7-9(14)11(8)15/h5-7,10,16H,3-4H2,1-2H3. The van der Waals surface area contributed by atoms with Gasteiger partial charge in [0.05, 0.1) is 11.6 Å². The zero-order valence-electron chi connectivity index (χ0n) is 10.8. The number of nitrogens with one attached hydrogen (secondary N) is 1. The van der Waals surface area contributed by atoms with E-state index in [1.54, 1.807) is 0 Å². The summed E-state index contributed by atoms with van der Waals surface area (Å²) in [6, 6.07) is 4.18. The van der Waals surface area contributed by atoms with E-state index in [2.05, 4.69) is 15.5 Å². The van der Waals surface area contributed by atoms with Gasteiger partial charge in [-0.3, -0.25) is 0 Å². The van der Waals surface area contributed by atoms with Gasteiger partial charge in [0.2, 0.25) is 0 Å². The fourth-order valence-corrected chi connectivity index (χ4v) is 2.83. The van der Waals surface area contributed by atoms with Crippen LogP contribution in [-0.4, -0.2) is 16.7 Å². The van der Waals surface area contributed by atoms with Gasteiger partial charge < -0.3 is 5.32 Å². The van der Waals surface area contributed by atoms with E-state index in [0.717, 1.165) is 24.0 Å². The highest BCUT2D eigenvalue weighted by Crippen LogP contribution is 2.30. The maximum atomic E-state index is 13.7. The average Bonchev–Trinajstić information content (AvgIpc) is 2.88. The topological polar surface area (TPSA) is 37.8 Å². The lowest BCUT2D eigenvalue weighted by Crippen LogP contribution is -2.19. The first-order valence-electron chi connectivity index (χ1n) is 6.18. The Balaban J connectivity index is 2.32. The number of hydrogen-bond acceptors (Lipinski definition) is 4. The average molecular weight is 283 g/mol. The van der Waals surface area contributed by atoms with Crippen molar-refractivity contribution in [1.29, 1.82) is 0 Å². The Kier molecular flexibility index (Phi) is 4.55. The van der Waals surface area contributed by atoms with E-state index >= 15 is 0 Å². The van der Waals surface area contributed by atoms with Crippen LogP contribution in [0.25, 0.3) is 10.6 Å². The summed E-state index contributed by atoms with van der Waals surface area (Å²) in [6.45, 7) is 4.87. The Morgan fingerprint density at radius 1 is 1.26 bits per heavy atom. The molecule has 1 atom stereocenters. The molecule has 2 aromatic rings. The van der Waals surface area contributed by atoms with Crippen molar-refractivity contribution in [3.63, 3.8) is 0 Å². The van der Waals surface area contributed by atoms with E-state index in [9.17, 15) is 8.78 Å². The molecule has 0 aliphatic carbocycles. The maximum Gasteiger partial charge on any atom is 0.169 e. The Morgan fingerprint density at radius 2 is 2.05 bits per heavy atom. The molecule has 3 nitrogen and oxygen atoms in total. The molecule has 1 N–H and O–H groups in total. The van der Waals surface area contributed by atoms with Crippen LogP contribution in [0, 0.1) is 11.6 Å². The smallest absolute Gasteiger partial charge is 0.169 e. The molecule has 1 unspecified atom stereocenters. The van der Waals surface area contributed by atoms with Crippen LogP contribution in [-0.2, 0) is 0 Å². The third-order valence-corrected chi connectivity index (χ3v) is 3.85. The summed E-state index contributed by atoms with van der Waals surface area (Å²) in [4.78, 5) is 0. The highest BCUT2D eigenvalue weighted by Gasteiger charge is 2.17. The molecule has 19 heavy (non-hydrogen) atoms. The first-order valence-corrected chi connectivity index (χ1v) is 7.00. The molecule has 1 aromatic carbocycles. The Morgan fingerprint density at radius 3 is 2.74 bits per heavy atom. The molecule has 0 saturated heterocycles. The van der Waals surface area contributed by atoms with Gasteiger partial charge in [0.1, 0.15) is 5.01 Å². The molecule has 6 heteroatoms. The molecule has 0 bridgehead atoms. The van der Waals surface area contributed by atoms with Gasteiger partial charge in [-0.15, -0.1) is 10.2 Å². The summed E-state index contributed by atoms with van der Waals surface area (Å²) >= 11 is 1.29. The number of aromatic nitrogens is 2. The fourth-order valence-electron chi connectivity index (χ4n) is 1.81. The van der Waals surface area contributed by atoms with Crippen LogP contribution in [0.15, 0.2) is 18.2 Å². The van der Waals surface area contributed by atoms with Crippen LogP contribution >= 0.6 is 11.3 Å². The molecular formula is C13H15F2N3S. The Labute approximate surface area is 114 Å². The van der Waals surface area contributed by atoms with Crippen molar-refractivity contribution in [2.75, 3.05) is 6.54 Å². The van der Waals surface area contributed by atoms with E-state index in [0.29, 0.717) is 5.01 Å². The highest BCUT2D eigenvalue weighted by atomic mass is 32.1. The minimum absolute atomic E-state index is 0.105. The lowest BCUT2D eigenvalue weighted by atomic mass is 10.2. The van der Waals surface area contributed by atoms with Gasteiger partial charge in [-0.1, -0.05) is 31.3 Å². The quantitative estimate of drug-likeness (QED) is 0.912. The van der Waals surface area contributed by atoms with Gasteiger partial charge in [-0.2, -0.15) is 0 Å². The van der Waals surface area contributed by atoms with Crippen molar-refractivity contribution < 1.29 is 8.78 Å². The highest BCUT2D eigenvalue weighted by molar-refractivity contribution is 7.14. The molecule has 2 rings (SSSR count). The number of benzene rings is 1. The van der Waals surface area contributed by atoms with E-state index in [-0.39, 0.29) is 11.6 Å². The number of halogens is 2. The van der Waals surface area contributed by atoms with Gasteiger partial charge in [-0.05, 0) is 25.1 Å². The molecule has 0 amide bonds. The second kappa shape index (κ2) is 6.16. The summed E-state index contributed by atoms with van der Waals surface area (Å²) in [6.07, 6.45) is 0.869. The molecule has 102 valence electrons. The molecule has 0 aliphatic heterocycles. The monoisotopic (exact) mass is 283 g/mol. The second-order valence-electron chi connectivity index (χ2n) is 4.07. The van der Waals surface area contributed by atoms with Gasteiger partial charge >= 0.3 is 0 Å². The third-order valence-electron chi connectivity index (χ3n) is 2.78. The fraction of sp³-hybridized carbons (Fsp3) is 0.385. The van der Waals surface area contributed by atoms with Crippen molar-refractivity contribution in [3.05, 3.63) is 34.8 Å². The largest absolute Gasteiger partial charge is 0.308 e. The first-order chi connectivity index (χ1) is 9.17. The summed E-state index contributed by atoms with van der Waals surface area (Å²) in [5.41, 5.74) is 0.162. The normalized spacial score (nSPS) is 12.6. The van der Waals surface area contributed by atoms with Crippen molar-refractivity contribution in [2.45, 2.75) is 26.3 Å².